The zero-order chi connectivity index (χ0) is 14.9. The molecule has 0 aliphatic carbocycles. The monoisotopic (exact) mass is 271 g/mol. The summed E-state index contributed by atoms with van der Waals surface area (Å²) < 4.78 is 0. The zero-order valence-corrected chi connectivity index (χ0v) is 11.7. The van der Waals surface area contributed by atoms with Gasteiger partial charge in [-0.05, 0) is 11.0 Å². The predicted molar refractivity (Wildman–Crippen MR) is 77.5 cm³/mol. The molecule has 20 heavy (non-hydrogen) atoms. The second-order valence-corrected chi connectivity index (χ2v) is 5.63. The standard InChI is InChI=1S/C15H17N3O2/c1-15(2,3)10-6-4-9(5-7-10)13-17-8-11(14(19)20)12(16)18-13/h4-8H,1-3H3,(H,19,20)(H2,16,17,18). The van der Waals surface area contributed by atoms with Gasteiger partial charge in [0.25, 0.3) is 0 Å². The van der Waals surface area contributed by atoms with Crippen LogP contribution < -0.4 is 5.73 Å². The van der Waals surface area contributed by atoms with Gasteiger partial charge >= 0.3 is 5.97 Å². The summed E-state index contributed by atoms with van der Waals surface area (Å²) in [4.78, 5) is 19.0. The molecule has 0 saturated heterocycles. The molecule has 1 heterocycles. The highest BCUT2D eigenvalue weighted by Crippen LogP contribution is 2.25. The number of carboxylic acid groups (broad SMARTS) is 1. The van der Waals surface area contributed by atoms with Gasteiger partial charge in [-0.15, -0.1) is 0 Å². The Bertz CT molecular complexity index is 643. The summed E-state index contributed by atoms with van der Waals surface area (Å²) >= 11 is 0. The van der Waals surface area contributed by atoms with Gasteiger partial charge in [0.1, 0.15) is 11.4 Å². The van der Waals surface area contributed by atoms with Gasteiger partial charge in [-0.3, -0.25) is 0 Å². The molecule has 0 saturated carbocycles. The summed E-state index contributed by atoms with van der Waals surface area (Å²) in [5, 5.41) is 8.89. The molecule has 1 aromatic carbocycles. The van der Waals surface area contributed by atoms with Crippen LogP contribution in [0.2, 0.25) is 0 Å². The molecule has 0 spiro atoms. The number of carbonyl (C=O) groups is 1. The molecule has 0 fully saturated rings. The fraction of sp³-hybridized carbons (Fsp3) is 0.267. The molecular formula is C15H17N3O2. The lowest BCUT2D eigenvalue weighted by Crippen LogP contribution is -2.10. The summed E-state index contributed by atoms with van der Waals surface area (Å²) in [6.45, 7) is 6.41. The minimum Gasteiger partial charge on any atom is -0.477 e. The number of rotatable bonds is 2. The third-order valence-corrected chi connectivity index (χ3v) is 3.06. The van der Waals surface area contributed by atoms with Crippen molar-refractivity contribution in [1.29, 1.82) is 0 Å². The van der Waals surface area contributed by atoms with Gasteiger partial charge in [0.05, 0.1) is 0 Å². The first kappa shape index (κ1) is 14.0. The Kier molecular flexibility index (Phi) is 3.44. The molecule has 104 valence electrons. The van der Waals surface area contributed by atoms with Crippen molar-refractivity contribution in [2.24, 2.45) is 0 Å². The van der Waals surface area contributed by atoms with Gasteiger partial charge in [-0.2, -0.15) is 0 Å². The summed E-state index contributed by atoms with van der Waals surface area (Å²) in [6, 6.07) is 7.85. The van der Waals surface area contributed by atoms with E-state index in [1.165, 1.54) is 11.8 Å². The van der Waals surface area contributed by atoms with Crippen LogP contribution in [0.25, 0.3) is 11.4 Å². The Morgan fingerprint density at radius 2 is 1.80 bits per heavy atom. The van der Waals surface area contributed by atoms with Crippen molar-refractivity contribution in [1.82, 2.24) is 9.97 Å². The lowest BCUT2D eigenvalue weighted by Gasteiger charge is -2.19. The van der Waals surface area contributed by atoms with Gasteiger partial charge in [-0.1, -0.05) is 45.0 Å². The molecule has 2 aromatic rings. The second kappa shape index (κ2) is 4.92. The number of anilines is 1. The molecule has 0 atom stereocenters. The number of aromatic carboxylic acids is 1. The predicted octanol–water partition coefficient (Wildman–Crippen LogP) is 2.72. The first-order chi connectivity index (χ1) is 9.29. The normalized spacial score (nSPS) is 11.3. The molecule has 5 heteroatoms. The first-order valence-electron chi connectivity index (χ1n) is 6.26. The molecule has 0 radical (unpaired) electrons. The van der Waals surface area contributed by atoms with Crippen LogP contribution in [0.15, 0.2) is 30.5 Å². The van der Waals surface area contributed by atoms with Crippen molar-refractivity contribution in [3.05, 3.63) is 41.6 Å². The van der Waals surface area contributed by atoms with Crippen LogP contribution in [-0.2, 0) is 5.41 Å². The highest BCUT2D eigenvalue weighted by atomic mass is 16.4. The summed E-state index contributed by atoms with van der Waals surface area (Å²) in [5.41, 5.74) is 7.63. The van der Waals surface area contributed by atoms with Crippen LogP contribution in [0, 0.1) is 0 Å². The number of nitrogen functional groups attached to an aromatic ring is 1. The van der Waals surface area contributed by atoms with E-state index in [1.54, 1.807) is 0 Å². The van der Waals surface area contributed by atoms with E-state index in [2.05, 4.69) is 30.7 Å². The van der Waals surface area contributed by atoms with Crippen LogP contribution in [0.5, 0.6) is 0 Å². The summed E-state index contributed by atoms with van der Waals surface area (Å²) in [7, 11) is 0. The molecule has 3 N–H and O–H groups in total. The quantitative estimate of drug-likeness (QED) is 0.876. The largest absolute Gasteiger partial charge is 0.477 e. The van der Waals surface area contributed by atoms with E-state index < -0.39 is 5.97 Å². The van der Waals surface area contributed by atoms with Gasteiger partial charge in [0.2, 0.25) is 0 Å². The number of benzene rings is 1. The Labute approximate surface area is 117 Å². The van der Waals surface area contributed by atoms with E-state index >= 15 is 0 Å². The van der Waals surface area contributed by atoms with Crippen molar-refractivity contribution in [2.75, 3.05) is 5.73 Å². The number of hydrogen-bond acceptors (Lipinski definition) is 4. The van der Waals surface area contributed by atoms with Crippen LogP contribution in [0.3, 0.4) is 0 Å². The maximum Gasteiger partial charge on any atom is 0.341 e. The minimum absolute atomic E-state index is 0.0256. The number of nitrogens with zero attached hydrogens (tertiary/aromatic N) is 2. The number of carboxylic acids is 1. The molecule has 0 amide bonds. The van der Waals surface area contributed by atoms with Crippen LogP contribution in [0.1, 0.15) is 36.7 Å². The van der Waals surface area contributed by atoms with Crippen LogP contribution in [-0.4, -0.2) is 21.0 Å². The fourth-order valence-corrected chi connectivity index (χ4v) is 1.82. The number of aromatic nitrogens is 2. The third kappa shape index (κ3) is 2.77. The van der Waals surface area contributed by atoms with Crippen molar-refractivity contribution in [3.8, 4) is 11.4 Å². The maximum atomic E-state index is 10.9. The van der Waals surface area contributed by atoms with Gasteiger partial charge in [-0.25, -0.2) is 14.8 Å². The van der Waals surface area contributed by atoms with E-state index in [0.717, 1.165) is 5.56 Å². The Hall–Kier alpha value is -2.43. The Morgan fingerprint density at radius 3 is 2.25 bits per heavy atom. The first-order valence-corrected chi connectivity index (χ1v) is 6.26. The van der Waals surface area contributed by atoms with E-state index in [9.17, 15) is 4.79 Å². The maximum absolute atomic E-state index is 10.9. The van der Waals surface area contributed by atoms with E-state index in [1.807, 2.05) is 24.3 Å². The number of hydrogen-bond donors (Lipinski definition) is 2. The van der Waals surface area contributed by atoms with Gasteiger partial charge in [0, 0.05) is 11.8 Å². The molecule has 0 aliphatic heterocycles. The van der Waals surface area contributed by atoms with Crippen molar-refractivity contribution in [3.63, 3.8) is 0 Å². The SMILES string of the molecule is CC(C)(C)c1ccc(-c2ncc(C(=O)O)c(N)n2)cc1. The van der Waals surface area contributed by atoms with Crippen molar-refractivity contribution in [2.45, 2.75) is 26.2 Å². The third-order valence-electron chi connectivity index (χ3n) is 3.06. The van der Waals surface area contributed by atoms with Crippen LogP contribution in [0.4, 0.5) is 5.82 Å². The average molecular weight is 271 g/mol. The molecule has 5 nitrogen and oxygen atoms in total. The highest BCUT2D eigenvalue weighted by Gasteiger charge is 2.15. The molecule has 0 bridgehead atoms. The summed E-state index contributed by atoms with van der Waals surface area (Å²) in [5.74, 6) is -0.729. The van der Waals surface area contributed by atoms with E-state index in [4.69, 9.17) is 10.8 Å². The molecule has 0 aliphatic rings. The lowest BCUT2D eigenvalue weighted by atomic mass is 9.87. The highest BCUT2D eigenvalue weighted by molar-refractivity contribution is 5.92. The molecular weight excluding hydrogens is 254 g/mol. The van der Waals surface area contributed by atoms with E-state index in [-0.39, 0.29) is 16.8 Å². The second-order valence-electron chi connectivity index (χ2n) is 5.63. The Morgan fingerprint density at radius 1 is 1.20 bits per heavy atom. The van der Waals surface area contributed by atoms with Gasteiger partial charge in [0.15, 0.2) is 5.82 Å². The fourth-order valence-electron chi connectivity index (χ4n) is 1.82. The minimum atomic E-state index is -1.13. The lowest BCUT2D eigenvalue weighted by molar-refractivity contribution is 0.0697. The van der Waals surface area contributed by atoms with Gasteiger partial charge < -0.3 is 10.8 Å². The average Bonchev–Trinajstić information content (AvgIpc) is 2.37. The molecule has 0 unspecified atom stereocenters. The molecule has 2 rings (SSSR count). The van der Waals surface area contributed by atoms with Crippen molar-refractivity contribution < 1.29 is 9.90 Å². The zero-order valence-electron chi connectivity index (χ0n) is 11.7. The number of nitrogens with two attached hydrogens (primary N) is 1. The molecule has 1 aromatic heterocycles. The Balaban J connectivity index is 2.37. The van der Waals surface area contributed by atoms with Crippen LogP contribution >= 0.6 is 0 Å². The van der Waals surface area contributed by atoms with E-state index in [0.29, 0.717) is 5.82 Å². The smallest absolute Gasteiger partial charge is 0.341 e. The van der Waals surface area contributed by atoms with Crippen molar-refractivity contribution >= 4 is 11.8 Å². The topological polar surface area (TPSA) is 89.1 Å². The summed E-state index contributed by atoms with van der Waals surface area (Å²) in [6.07, 6.45) is 1.23.